The van der Waals surface area contributed by atoms with Crippen molar-refractivity contribution in [1.29, 1.82) is 0 Å². The summed E-state index contributed by atoms with van der Waals surface area (Å²) in [5.74, 6) is 2.30. The van der Waals surface area contributed by atoms with Crippen molar-refractivity contribution < 1.29 is 13.7 Å². The Morgan fingerprint density at radius 2 is 2.07 bits per heavy atom. The van der Waals surface area contributed by atoms with E-state index in [0.29, 0.717) is 23.4 Å². The molecule has 0 bridgehead atoms. The van der Waals surface area contributed by atoms with Gasteiger partial charge in [0.1, 0.15) is 11.5 Å². The van der Waals surface area contributed by atoms with Gasteiger partial charge in [-0.05, 0) is 31.2 Å². The van der Waals surface area contributed by atoms with Crippen LogP contribution in [0.4, 0.5) is 6.01 Å². The fraction of sp³-hybridized carbons (Fsp3) is 0.368. The molecule has 4 rings (SSSR count). The largest absolute Gasteiger partial charge is 0.465 e. The maximum Gasteiger partial charge on any atom is 0.321 e. The van der Waals surface area contributed by atoms with Gasteiger partial charge in [0.25, 0.3) is 0 Å². The highest BCUT2D eigenvalue weighted by Gasteiger charge is 2.25. The molecule has 1 saturated heterocycles. The Morgan fingerprint density at radius 3 is 2.81 bits per heavy atom. The van der Waals surface area contributed by atoms with Gasteiger partial charge in [-0.2, -0.15) is 4.98 Å². The lowest BCUT2D eigenvalue weighted by atomic mass is 10.1. The monoisotopic (exact) mass is 388 g/mol. The van der Waals surface area contributed by atoms with Gasteiger partial charge in [-0.3, -0.25) is 4.90 Å². The van der Waals surface area contributed by atoms with Crippen LogP contribution in [0.3, 0.4) is 0 Å². The zero-order chi connectivity index (χ0) is 18.6. The molecule has 1 N–H and O–H groups in total. The number of hydrogen-bond donors (Lipinski definition) is 1. The van der Waals surface area contributed by atoms with Gasteiger partial charge in [-0.15, -0.1) is 0 Å². The number of furan rings is 1. The number of rotatable bonds is 6. The molecule has 0 amide bonds. The quantitative estimate of drug-likeness (QED) is 0.688. The highest BCUT2D eigenvalue weighted by Crippen LogP contribution is 2.25. The maximum absolute atomic E-state index is 6.03. The second-order valence-corrected chi connectivity index (χ2v) is 6.86. The number of aryl methyl sites for hydroxylation is 1. The molecule has 1 aromatic carbocycles. The van der Waals surface area contributed by atoms with E-state index in [-0.39, 0.29) is 6.04 Å². The number of benzene rings is 1. The van der Waals surface area contributed by atoms with Gasteiger partial charge in [0.2, 0.25) is 5.82 Å². The molecule has 2 aromatic heterocycles. The molecule has 1 unspecified atom stereocenters. The zero-order valence-corrected chi connectivity index (χ0v) is 15.8. The number of nitrogens with zero attached hydrogens (tertiary/aromatic N) is 3. The first kappa shape index (κ1) is 18.0. The summed E-state index contributed by atoms with van der Waals surface area (Å²) in [7, 11) is 0. The van der Waals surface area contributed by atoms with Crippen LogP contribution in [0.25, 0.3) is 11.4 Å². The Labute approximate surface area is 162 Å². The first-order chi connectivity index (χ1) is 13.2. The summed E-state index contributed by atoms with van der Waals surface area (Å²) >= 11 is 6.03. The third-order valence-corrected chi connectivity index (χ3v) is 4.77. The van der Waals surface area contributed by atoms with E-state index in [1.165, 1.54) is 0 Å². The molecule has 0 spiro atoms. The number of nitrogens with one attached hydrogen (secondary N) is 1. The molecule has 0 radical (unpaired) electrons. The van der Waals surface area contributed by atoms with E-state index < -0.39 is 0 Å². The number of anilines is 1. The van der Waals surface area contributed by atoms with Crippen molar-refractivity contribution in [3.63, 3.8) is 0 Å². The summed E-state index contributed by atoms with van der Waals surface area (Å²) in [4.78, 5) is 6.75. The van der Waals surface area contributed by atoms with Gasteiger partial charge in [0, 0.05) is 30.2 Å². The predicted molar refractivity (Wildman–Crippen MR) is 102 cm³/mol. The molecule has 1 atom stereocenters. The van der Waals surface area contributed by atoms with Gasteiger partial charge in [-0.1, -0.05) is 28.9 Å². The predicted octanol–water partition coefficient (Wildman–Crippen LogP) is 3.78. The van der Waals surface area contributed by atoms with Gasteiger partial charge in [0.15, 0.2) is 0 Å². The SMILES string of the molecule is Cc1ccc(C(CNc2nc(-c3cccc(Cl)c3)no2)N2CCOCC2)o1. The van der Waals surface area contributed by atoms with Crippen molar-refractivity contribution in [3.8, 4) is 11.4 Å². The van der Waals surface area contributed by atoms with Crippen LogP contribution in [0.1, 0.15) is 17.6 Å². The van der Waals surface area contributed by atoms with Crippen molar-refractivity contribution in [1.82, 2.24) is 15.0 Å². The number of halogens is 1. The molecule has 0 aliphatic carbocycles. The summed E-state index contributed by atoms with van der Waals surface area (Å²) in [5.41, 5.74) is 0.811. The molecule has 1 aliphatic heterocycles. The second-order valence-electron chi connectivity index (χ2n) is 6.43. The molecule has 1 aliphatic rings. The van der Waals surface area contributed by atoms with Crippen LogP contribution < -0.4 is 5.32 Å². The summed E-state index contributed by atoms with van der Waals surface area (Å²) < 4.78 is 16.7. The number of morpholine rings is 1. The van der Waals surface area contributed by atoms with Crippen LogP contribution in [0.15, 0.2) is 45.3 Å². The lowest BCUT2D eigenvalue weighted by Gasteiger charge is -2.33. The first-order valence-electron chi connectivity index (χ1n) is 8.91. The second kappa shape index (κ2) is 8.12. The lowest BCUT2D eigenvalue weighted by Crippen LogP contribution is -2.41. The van der Waals surface area contributed by atoms with Crippen LogP contribution in [0.5, 0.6) is 0 Å². The topological polar surface area (TPSA) is 76.6 Å². The van der Waals surface area contributed by atoms with Gasteiger partial charge in [0.05, 0.1) is 19.3 Å². The van der Waals surface area contributed by atoms with Gasteiger partial charge >= 0.3 is 6.01 Å². The maximum atomic E-state index is 6.03. The Balaban J connectivity index is 1.47. The fourth-order valence-corrected chi connectivity index (χ4v) is 3.35. The minimum Gasteiger partial charge on any atom is -0.465 e. The molecule has 3 heterocycles. The van der Waals surface area contributed by atoms with Crippen LogP contribution in [0, 0.1) is 6.92 Å². The molecule has 8 heteroatoms. The minimum absolute atomic E-state index is 0.0594. The number of hydrogen-bond acceptors (Lipinski definition) is 7. The highest BCUT2D eigenvalue weighted by molar-refractivity contribution is 6.30. The Hall–Kier alpha value is -2.35. The third-order valence-electron chi connectivity index (χ3n) is 4.53. The van der Waals surface area contributed by atoms with Gasteiger partial charge in [-0.25, -0.2) is 0 Å². The van der Waals surface area contributed by atoms with Crippen LogP contribution in [-0.4, -0.2) is 47.9 Å². The van der Waals surface area contributed by atoms with E-state index in [1.54, 1.807) is 6.07 Å². The normalized spacial score (nSPS) is 16.4. The van der Waals surface area contributed by atoms with E-state index >= 15 is 0 Å². The van der Waals surface area contributed by atoms with Crippen molar-refractivity contribution in [3.05, 3.63) is 52.9 Å². The minimum atomic E-state index is 0.0594. The van der Waals surface area contributed by atoms with Crippen molar-refractivity contribution in [2.45, 2.75) is 13.0 Å². The molecule has 7 nitrogen and oxygen atoms in total. The van der Waals surface area contributed by atoms with Gasteiger partial charge < -0.3 is 19.0 Å². The molecular weight excluding hydrogens is 368 g/mol. The summed E-state index contributed by atoms with van der Waals surface area (Å²) in [5, 5.41) is 7.90. The Bertz CT molecular complexity index is 888. The standard InChI is InChI=1S/C19H21ClN4O3/c1-13-5-6-17(26-13)16(24-7-9-25-10-8-24)12-21-19-22-18(23-27-19)14-3-2-4-15(20)11-14/h2-6,11,16H,7-10,12H2,1H3,(H,21,22,23). The fourth-order valence-electron chi connectivity index (χ4n) is 3.16. The zero-order valence-electron chi connectivity index (χ0n) is 15.0. The summed E-state index contributed by atoms with van der Waals surface area (Å²) in [6.45, 7) is 5.67. The van der Waals surface area contributed by atoms with E-state index in [9.17, 15) is 0 Å². The first-order valence-corrected chi connectivity index (χ1v) is 9.28. The number of ether oxygens (including phenoxy) is 1. The number of aromatic nitrogens is 2. The molecule has 27 heavy (non-hydrogen) atoms. The van der Waals surface area contributed by atoms with E-state index in [1.807, 2.05) is 37.3 Å². The molecule has 0 saturated carbocycles. The summed E-state index contributed by atoms with van der Waals surface area (Å²) in [6, 6.07) is 11.8. The van der Waals surface area contributed by atoms with Crippen LogP contribution in [-0.2, 0) is 4.74 Å². The molecule has 142 valence electrons. The lowest BCUT2D eigenvalue weighted by molar-refractivity contribution is 0.0142. The van der Waals surface area contributed by atoms with Crippen LogP contribution >= 0.6 is 11.6 Å². The van der Waals surface area contributed by atoms with Crippen molar-refractivity contribution >= 4 is 17.6 Å². The van der Waals surface area contributed by atoms with Crippen molar-refractivity contribution in [2.75, 3.05) is 38.2 Å². The highest BCUT2D eigenvalue weighted by atomic mass is 35.5. The van der Waals surface area contributed by atoms with Crippen molar-refractivity contribution in [2.24, 2.45) is 0 Å². The average Bonchev–Trinajstić information content (AvgIpc) is 3.32. The summed E-state index contributed by atoms with van der Waals surface area (Å²) in [6.07, 6.45) is 0. The average molecular weight is 389 g/mol. The van der Waals surface area contributed by atoms with E-state index in [0.717, 1.165) is 43.4 Å². The Kier molecular flexibility index (Phi) is 5.42. The molecular formula is C19H21ClN4O3. The Morgan fingerprint density at radius 1 is 1.22 bits per heavy atom. The molecule has 1 fully saturated rings. The van der Waals surface area contributed by atoms with Crippen LogP contribution in [0.2, 0.25) is 5.02 Å². The van der Waals surface area contributed by atoms with E-state index in [4.69, 9.17) is 25.3 Å². The smallest absolute Gasteiger partial charge is 0.321 e. The third kappa shape index (κ3) is 4.32. The molecule has 3 aromatic rings. The van der Waals surface area contributed by atoms with E-state index in [2.05, 4.69) is 20.4 Å².